The fourth-order valence-corrected chi connectivity index (χ4v) is 9.14. The van der Waals surface area contributed by atoms with E-state index >= 15 is 0 Å². The molecule has 0 saturated heterocycles. The first kappa shape index (κ1) is 32.7. The Hall–Kier alpha value is -5.94. The molecular weight excluding hydrogens is 864 g/mol. The fraction of sp³-hybridized carbons (Fsp3) is 0. The number of anilines is 2. The van der Waals surface area contributed by atoms with Crippen molar-refractivity contribution in [1.82, 2.24) is 9.97 Å². The van der Waals surface area contributed by atoms with E-state index in [1.54, 1.807) is 59.3 Å². The van der Waals surface area contributed by atoms with E-state index in [-0.39, 0.29) is 65.8 Å². The molecule has 260 valence electrons. The number of rotatable bonds is 4. The third-order valence-corrected chi connectivity index (χ3v) is 11.8. The van der Waals surface area contributed by atoms with Gasteiger partial charge in [-0.05, 0) is 72.8 Å². The van der Waals surface area contributed by atoms with Crippen LogP contribution in [0.25, 0.3) is 55.2 Å². The van der Waals surface area contributed by atoms with Gasteiger partial charge in [0.1, 0.15) is 11.2 Å². The highest BCUT2D eigenvalue weighted by molar-refractivity contribution is 9.10. The predicted octanol–water partition coefficient (Wildman–Crippen LogP) is 8.43. The number of carbonyl (C=O) groups is 4. The van der Waals surface area contributed by atoms with Gasteiger partial charge in [-0.1, -0.05) is 31.9 Å². The zero-order chi connectivity index (χ0) is 37.2. The van der Waals surface area contributed by atoms with E-state index in [1.165, 1.54) is 24.3 Å². The van der Waals surface area contributed by atoms with Gasteiger partial charge in [-0.2, -0.15) is 0 Å². The Morgan fingerprint density at radius 2 is 0.852 bits per heavy atom. The van der Waals surface area contributed by atoms with E-state index in [0.29, 0.717) is 21.9 Å². The smallest absolute Gasteiger partial charge is 0.345 e. The molecule has 4 amide bonds. The van der Waals surface area contributed by atoms with E-state index < -0.39 is 34.9 Å². The monoisotopic (exact) mass is 876 g/mol. The van der Waals surface area contributed by atoms with Crippen LogP contribution in [-0.4, -0.2) is 33.6 Å². The van der Waals surface area contributed by atoms with Gasteiger partial charge in [0.2, 0.25) is 0 Å². The highest BCUT2D eigenvalue weighted by Gasteiger charge is 2.42. The molecule has 0 spiro atoms. The molecule has 12 nitrogen and oxygen atoms in total. The van der Waals surface area contributed by atoms with Crippen molar-refractivity contribution in [3.05, 3.63) is 136 Å². The normalized spacial score (nSPS) is 14.0. The van der Waals surface area contributed by atoms with Gasteiger partial charge in [-0.3, -0.25) is 19.2 Å². The number of carbonyl (C=O) groups excluding carboxylic acids is 4. The maximum Gasteiger partial charge on any atom is 0.345 e. The van der Waals surface area contributed by atoms with Gasteiger partial charge in [0.25, 0.3) is 23.6 Å². The summed E-state index contributed by atoms with van der Waals surface area (Å²) < 4.78 is 12.5. The molecule has 0 N–H and O–H groups in total. The number of hydrogen-bond donors (Lipinski definition) is 0. The summed E-state index contributed by atoms with van der Waals surface area (Å²) >= 11 is 8.82. The highest BCUT2D eigenvalue weighted by Crippen LogP contribution is 2.42. The molecule has 2 aliphatic heterocycles. The van der Waals surface area contributed by atoms with Gasteiger partial charge in [-0.15, -0.1) is 22.7 Å². The lowest BCUT2D eigenvalue weighted by Crippen LogP contribution is -2.43. The van der Waals surface area contributed by atoms with Crippen LogP contribution in [0, 0.1) is 0 Å². The van der Waals surface area contributed by atoms with Crippen molar-refractivity contribution in [2.24, 2.45) is 0 Å². The summed E-state index contributed by atoms with van der Waals surface area (Å²) in [5.41, 5.74) is 0.645. The fourth-order valence-electron chi connectivity index (χ4n) is 6.75. The molecular formula is C38H14Br2N4O8S2. The summed E-state index contributed by atoms with van der Waals surface area (Å²) in [6, 6.07) is 19.4. The molecule has 0 bridgehead atoms. The first-order valence-electron chi connectivity index (χ1n) is 15.8. The molecule has 10 rings (SSSR count). The molecule has 8 aromatic rings. The Kier molecular flexibility index (Phi) is 7.13. The lowest BCUT2D eigenvalue weighted by Gasteiger charge is -2.30. The first-order valence-corrected chi connectivity index (χ1v) is 19.2. The molecule has 2 aliphatic rings. The van der Waals surface area contributed by atoms with Gasteiger partial charge in [0.05, 0.1) is 22.5 Å². The van der Waals surface area contributed by atoms with Crippen LogP contribution >= 0.6 is 54.5 Å². The summed E-state index contributed by atoms with van der Waals surface area (Å²) in [4.78, 5) is 92.8. The van der Waals surface area contributed by atoms with Crippen molar-refractivity contribution in [3.63, 3.8) is 0 Å². The van der Waals surface area contributed by atoms with Gasteiger partial charge in [0, 0.05) is 63.5 Å². The van der Waals surface area contributed by atoms with Crippen LogP contribution < -0.4 is 21.1 Å². The first-order chi connectivity index (χ1) is 26.0. The standard InChI is InChI=1S/C38H14Br2N4O8S2/c39-17-1-7-27-15(9-17)11-23(35(49)51-27)25-13-53-37(41-25)43-31(45)19-3-5-21-30-22(6-4-20(29(19)30)32(43)46)34(48)44(33(21)47)38-42-26(14-54-38)24-12-16-10-18(40)2-8-28(16)52-36(24)50/h1-14H. The number of aromatic nitrogens is 2. The molecule has 0 aliphatic carbocycles. The summed E-state index contributed by atoms with van der Waals surface area (Å²) in [6.45, 7) is 0. The summed E-state index contributed by atoms with van der Waals surface area (Å²) in [6.07, 6.45) is 0. The van der Waals surface area contributed by atoms with Gasteiger partial charge in [0.15, 0.2) is 10.3 Å². The number of nitrogens with zero attached hydrogens (tertiary/aromatic N) is 4. The maximum atomic E-state index is 14.0. The molecule has 0 saturated carbocycles. The van der Waals surface area contributed by atoms with Crippen LogP contribution in [-0.2, 0) is 0 Å². The Bertz CT molecular complexity index is 2920. The quantitative estimate of drug-likeness (QED) is 0.124. The van der Waals surface area contributed by atoms with Crippen molar-refractivity contribution in [2.75, 3.05) is 9.80 Å². The van der Waals surface area contributed by atoms with E-state index in [4.69, 9.17) is 8.83 Å². The third-order valence-electron chi connectivity index (χ3n) is 9.20. The minimum absolute atomic E-state index is 0.0266. The Balaban J connectivity index is 1.01. The number of amides is 4. The van der Waals surface area contributed by atoms with Crippen molar-refractivity contribution in [1.29, 1.82) is 0 Å². The SMILES string of the molecule is O=C1c2ccc3c4c(ccc(c24)C(=O)N1c1nc(-c2cc4cc(Br)ccc4oc2=O)cs1)C(=O)N(c1nc(-c2cc4cc(Br)ccc4oc2=O)cs1)C3=O. The average Bonchev–Trinajstić information content (AvgIpc) is 3.84. The topological polar surface area (TPSA) is 161 Å². The van der Waals surface area contributed by atoms with E-state index in [1.807, 2.05) is 0 Å². The zero-order valence-electron chi connectivity index (χ0n) is 26.7. The van der Waals surface area contributed by atoms with Crippen LogP contribution in [0.5, 0.6) is 0 Å². The van der Waals surface area contributed by atoms with Gasteiger partial charge < -0.3 is 8.83 Å². The maximum absolute atomic E-state index is 14.0. The van der Waals surface area contributed by atoms with Gasteiger partial charge >= 0.3 is 11.3 Å². The van der Waals surface area contributed by atoms with E-state index in [9.17, 15) is 28.8 Å². The minimum atomic E-state index is -0.709. The lowest BCUT2D eigenvalue weighted by atomic mass is 9.86. The van der Waals surface area contributed by atoms with Crippen LogP contribution in [0.3, 0.4) is 0 Å². The number of fused-ring (bicyclic) bond motifs is 2. The molecule has 0 unspecified atom stereocenters. The average molecular weight is 878 g/mol. The van der Waals surface area contributed by atoms with Crippen molar-refractivity contribution in [3.8, 4) is 22.5 Å². The summed E-state index contributed by atoms with van der Waals surface area (Å²) in [5, 5.41) is 4.82. The molecule has 0 atom stereocenters. The Morgan fingerprint density at radius 3 is 1.22 bits per heavy atom. The van der Waals surface area contributed by atoms with Crippen LogP contribution in [0.15, 0.2) is 111 Å². The molecule has 16 heteroatoms. The van der Waals surface area contributed by atoms with Crippen LogP contribution in [0.4, 0.5) is 10.3 Å². The second kappa shape index (κ2) is 11.8. The highest BCUT2D eigenvalue weighted by atomic mass is 79.9. The predicted molar refractivity (Wildman–Crippen MR) is 209 cm³/mol. The minimum Gasteiger partial charge on any atom is -0.422 e. The number of imide groups is 2. The molecule has 4 aromatic heterocycles. The molecule has 6 heterocycles. The number of hydrogen-bond acceptors (Lipinski definition) is 12. The summed E-state index contributed by atoms with van der Waals surface area (Å²) in [7, 11) is 0. The van der Waals surface area contributed by atoms with Crippen LogP contribution in [0.2, 0.25) is 0 Å². The lowest BCUT2D eigenvalue weighted by molar-refractivity contribution is 0.0873. The number of benzene rings is 4. The van der Waals surface area contributed by atoms with Crippen molar-refractivity contribution >= 4 is 121 Å². The molecule has 4 aromatic carbocycles. The zero-order valence-corrected chi connectivity index (χ0v) is 31.5. The molecule has 54 heavy (non-hydrogen) atoms. The van der Waals surface area contributed by atoms with Crippen molar-refractivity contribution < 1.29 is 28.0 Å². The number of halogens is 2. The van der Waals surface area contributed by atoms with E-state index in [0.717, 1.165) is 41.4 Å². The number of thiazole rings is 2. The van der Waals surface area contributed by atoms with Crippen LogP contribution in [0.1, 0.15) is 41.4 Å². The largest absolute Gasteiger partial charge is 0.422 e. The Labute approximate surface area is 325 Å². The Morgan fingerprint density at radius 1 is 0.481 bits per heavy atom. The second-order valence-corrected chi connectivity index (χ2v) is 15.8. The second-order valence-electron chi connectivity index (χ2n) is 12.3. The van der Waals surface area contributed by atoms with Gasteiger partial charge in [-0.25, -0.2) is 29.4 Å². The molecule has 0 fully saturated rings. The van der Waals surface area contributed by atoms with Crippen molar-refractivity contribution in [2.45, 2.75) is 0 Å². The summed E-state index contributed by atoms with van der Waals surface area (Å²) in [5.74, 6) is -2.83. The third kappa shape index (κ3) is 4.77. The molecule has 0 radical (unpaired) electrons. The van der Waals surface area contributed by atoms with E-state index in [2.05, 4.69) is 41.8 Å².